The molecule has 0 aliphatic heterocycles. The van der Waals surface area contributed by atoms with Gasteiger partial charge in [-0.05, 0) is 59.1 Å². The number of benzene rings is 1. The van der Waals surface area contributed by atoms with Gasteiger partial charge in [0.15, 0.2) is 0 Å². The van der Waals surface area contributed by atoms with Crippen LogP contribution in [0.2, 0.25) is 0 Å². The third-order valence-electron chi connectivity index (χ3n) is 2.77. The first kappa shape index (κ1) is 14.5. The summed E-state index contributed by atoms with van der Waals surface area (Å²) < 4.78 is 2.12. The Morgan fingerprint density at radius 3 is 2.50 bits per heavy atom. The largest absolute Gasteiger partial charge is 0.325 e. The van der Waals surface area contributed by atoms with Crippen molar-refractivity contribution < 1.29 is 4.79 Å². The fraction of sp³-hybridized carbons (Fsp3) is 0.200. The minimum Gasteiger partial charge on any atom is -0.325 e. The second-order valence-electron chi connectivity index (χ2n) is 4.74. The third-order valence-corrected chi connectivity index (χ3v) is 3.24. The number of carbonyl (C=O) groups is 1. The van der Waals surface area contributed by atoms with Gasteiger partial charge in [-0.1, -0.05) is 6.07 Å². The van der Waals surface area contributed by atoms with Crippen molar-refractivity contribution in [3.63, 3.8) is 0 Å². The Kier molecular flexibility index (Phi) is 4.39. The lowest BCUT2D eigenvalue weighted by Crippen LogP contribution is -2.26. The van der Waals surface area contributed by atoms with E-state index in [1.807, 2.05) is 32.0 Å². The number of nitrogens with one attached hydrogen (secondary N) is 1. The van der Waals surface area contributed by atoms with E-state index in [4.69, 9.17) is 0 Å². The van der Waals surface area contributed by atoms with Crippen molar-refractivity contribution in [2.45, 2.75) is 20.4 Å². The number of rotatable bonds is 3. The summed E-state index contributed by atoms with van der Waals surface area (Å²) in [5, 5.41) is 2.80. The van der Waals surface area contributed by atoms with Gasteiger partial charge in [0.05, 0.1) is 0 Å². The van der Waals surface area contributed by atoms with Crippen molar-refractivity contribution in [3.8, 4) is 0 Å². The maximum Gasteiger partial charge on any atom is 0.251 e. The number of aromatic nitrogens is 1. The molecule has 0 spiro atoms. The lowest BCUT2D eigenvalue weighted by atomic mass is 10.1. The molecule has 104 valence electrons. The molecule has 0 aliphatic carbocycles. The predicted octanol–water partition coefficient (Wildman–Crippen LogP) is 2.87. The molecule has 1 amide bonds. The maximum absolute atomic E-state index is 12.0. The Morgan fingerprint density at radius 2 is 1.85 bits per heavy atom. The molecule has 1 aromatic heterocycles. The molecule has 1 N–H and O–H groups in total. The topological polar surface area (TPSA) is 51.1 Å². The van der Waals surface area contributed by atoms with E-state index in [1.54, 1.807) is 12.3 Å². The summed E-state index contributed by atoms with van der Waals surface area (Å²) in [5.41, 5.74) is 2.71. The van der Waals surface area contributed by atoms with Crippen molar-refractivity contribution in [1.29, 1.82) is 0 Å². The van der Waals surface area contributed by atoms with Gasteiger partial charge >= 0.3 is 0 Å². The van der Waals surface area contributed by atoms with Crippen LogP contribution in [0.15, 0.2) is 45.8 Å². The quantitative estimate of drug-likeness (QED) is 0.938. The van der Waals surface area contributed by atoms with Crippen LogP contribution in [-0.2, 0) is 11.3 Å². The molecule has 0 radical (unpaired) electrons. The van der Waals surface area contributed by atoms with Crippen molar-refractivity contribution in [3.05, 3.63) is 62.5 Å². The highest BCUT2D eigenvalue weighted by Crippen LogP contribution is 2.13. The first-order valence-corrected chi connectivity index (χ1v) is 6.97. The van der Waals surface area contributed by atoms with Crippen LogP contribution < -0.4 is 10.9 Å². The first-order valence-electron chi connectivity index (χ1n) is 6.18. The van der Waals surface area contributed by atoms with E-state index in [2.05, 4.69) is 21.2 Å². The van der Waals surface area contributed by atoms with Gasteiger partial charge in [0, 0.05) is 22.4 Å². The smallest absolute Gasteiger partial charge is 0.251 e. The van der Waals surface area contributed by atoms with E-state index in [0.29, 0.717) is 0 Å². The Bertz CT molecular complexity index is 687. The second kappa shape index (κ2) is 6.05. The zero-order valence-corrected chi connectivity index (χ0v) is 12.9. The number of nitrogens with zero attached hydrogens (tertiary/aromatic N) is 1. The highest BCUT2D eigenvalue weighted by Gasteiger charge is 2.06. The number of hydrogen-bond acceptors (Lipinski definition) is 2. The number of halogens is 1. The molecule has 4 nitrogen and oxygen atoms in total. The van der Waals surface area contributed by atoms with Gasteiger partial charge in [-0.3, -0.25) is 9.59 Å². The van der Waals surface area contributed by atoms with Gasteiger partial charge < -0.3 is 9.88 Å². The molecule has 0 fully saturated rings. The number of hydrogen-bond donors (Lipinski definition) is 1. The second-order valence-corrected chi connectivity index (χ2v) is 5.65. The van der Waals surface area contributed by atoms with Crippen molar-refractivity contribution >= 4 is 27.5 Å². The van der Waals surface area contributed by atoms with E-state index < -0.39 is 0 Å². The van der Waals surface area contributed by atoms with E-state index in [0.717, 1.165) is 21.3 Å². The van der Waals surface area contributed by atoms with Crippen LogP contribution in [0.1, 0.15) is 11.1 Å². The number of amides is 1. The van der Waals surface area contributed by atoms with Gasteiger partial charge in [0.25, 0.3) is 5.56 Å². The molecule has 0 unspecified atom stereocenters. The predicted molar refractivity (Wildman–Crippen MR) is 82.9 cm³/mol. The van der Waals surface area contributed by atoms with Gasteiger partial charge in [-0.25, -0.2) is 0 Å². The summed E-state index contributed by atoms with van der Waals surface area (Å²) >= 11 is 3.28. The lowest BCUT2D eigenvalue weighted by Gasteiger charge is -2.09. The average molecular weight is 335 g/mol. The molecule has 5 heteroatoms. The standard InChI is InChI=1S/C15H15BrN2O2/c1-10-5-11(2)7-13(6-10)17-14(19)9-18-8-12(16)3-4-15(18)20/h3-8H,9H2,1-2H3,(H,17,19). The Morgan fingerprint density at radius 1 is 1.20 bits per heavy atom. The molecule has 2 aromatic rings. The number of aryl methyl sites for hydroxylation is 2. The molecule has 0 saturated heterocycles. The van der Waals surface area contributed by atoms with Crippen molar-refractivity contribution in [2.24, 2.45) is 0 Å². The summed E-state index contributed by atoms with van der Waals surface area (Å²) in [4.78, 5) is 23.6. The normalized spacial score (nSPS) is 10.3. The monoisotopic (exact) mass is 334 g/mol. The van der Waals surface area contributed by atoms with Crippen molar-refractivity contribution in [1.82, 2.24) is 4.57 Å². The summed E-state index contributed by atoms with van der Waals surface area (Å²) in [6.45, 7) is 3.94. The summed E-state index contributed by atoms with van der Waals surface area (Å²) in [7, 11) is 0. The average Bonchev–Trinajstić information content (AvgIpc) is 2.32. The van der Waals surface area contributed by atoms with Gasteiger partial charge in [-0.15, -0.1) is 0 Å². The number of carbonyl (C=O) groups excluding carboxylic acids is 1. The molecule has 0 atom stereocenters. The zero-order chi connectivity index (χ0) is 14.7. The van der Waals surface area contributed by atoms with Crippen LogP contribution in [0.4, 0.5) is 5.69 Å². The molecule has 20 heavy (non-hydrogen) atoms. The third kappa shape index (κ3) is 3.81. The van der Waals surface area contributed by atoms with Gasteiger partial charge in [0.1, 0.15) is 6.54 Å². The number of anilines is 1. The minimum atomic E-state index is -0.227. The molecule has 2 rings (SSSR count). The van der Waals surface area contributed by atoms with E-state index in [-0.39, 0.29) is 18.0 Å². The van der Waals surface area contributed by atoms with Crippen LogP contribution >= 0.6 is 15.9 Å². The van der Waals surface area contributed by atoms with Crippen LogP contribution in [0.3, 0.4) is 0 Å². The SMILES string of the molecule is Cc1cc(C)cc(NC(=O)Cn2cc(Br)ccc2=O)c1. The van der Waals surface area contributed by atoms with Crippen molar-refractivity contribution in [2.75, 3.05) is 5.32 Å². The molecule has 1 heterocycles. The molecule has 1 aromatic carbocycles. The zero-order valence-electron chi connectivity index (χ0n) is 11.3. The van der Waals surface area contributed by atoms with Crippen LogP contribution in [0, 0.1) is 13.8 Å². The maximum atomic E-state index is 12.0. The fourth-order valence-corrected chi connectivity index (χ4v) is 2.41. The van der Waals surface area contributed by atoms with Gasteiger partial charge in [-0.2, -0.15) is 0 Å². The lowest BCUT2D eigenvalue weighted by molar-refractivity contribution is -0.116. The molecule has 0 bridgehead atoms. The first-order chi connectivity index (χ1) is 9.44. The van der Waals surface area contributed by atoms with Crippen LogP contribution in [0.25, 0.3) is 0 Å². The van der Waals surface area contributed by atoms with E-state index in [9.17, 15) is 9.59 Å². The summed E-state index contributed by atoms with van der Waals surface area (Å²) in [6, 6.07) is 8.91. The van der Waals surface area contributed by atoms with Gasteiger partial charge in [0.2, 0.25) is 5.91 Å². The number of pyridine rings is 1. The minimum absolute atomic E-state index is 0.00867. The Hall–Kier alpha value is -1.88. The Balaban J connectivity index is 2.13. The highest BCUT2D eigenvalue weighted by molar-refractivity contribution is 9.10. The van der Waals surface area contributed by atoms with E-state index >= 15 is 0 Å². The van der Waals surface area contributed by atoms with Crippen LogP contribution in [0.5, 0.6) is 0 Å². The van der Waals surface area contributed by atoms with Crippen LogP contribution in [-0.4, -0.2) is 10.5 Å². The highest BCUT2D eigenvalue weighted by atomic mass is 79.9. The molecular weight excluding hydrogens is 320 g/mol. The summed E-state index contributed by atoms with van der Waals surface area (Å²) in [6.07, 6.45) is 1.60. The summed E-state index contributed by atoms with van der Waals surface area (Å²) in [5.74, 6) is -0.227. The molecular formula is C15H15BrN2O2. The van der Waals surface area contributed by atoms with E-state index in [1.165, 1.54) is 10.6 Å². The molecule has 0 saturated carbocycles. The fourth-order valence-electron chi connectivity index (χ4n) is 2.03. The Labute approximate surface area is 125 Å². The molecule has 0 aliphatic rings.